The topological polar surface area (TPSA) is 75.5 Å². The lowest BCUT2D eigenvalue weighted by molar-refractivity contribution is 0.0274. The molecule has 1 aliphatic rings. The summed E-state index contributed by atoms with van der Waals surface area (Å²) in [4.78, 5) is 18.3. The number of amides is 1. The van der Waals surface area contributed by atoms with Gasteiger partial charge in [0, 0.05) is 17.8 Å². The summed E-state index contributed by atoms with van der Waals surface area (Å²) in [7, 11) is 0. The third-order valence-electron chi connectivity index (χ3n) is 4.28. The first kappa shape index (κ1) is 18.0. The molecule has 0 aliphatic carbocycles. The molecule has 6 nitrogen and oxygen atoms in total. The summed E-state index contributed by atoms with van der Waals surface area (Å²) in [5.74, 6) is 0.566. The lowest BCUT2D eigenvalue weighted by atomic mass is 10.1. The molecule has 26 heavy (non-hydrogen) atoms. The minimum absolute atomic E-state index is 0.133. The smallest absolute Gasteiger partial charge is 0.410 e. The number of hydrogen-bond acceptors (Lipinski definition) is 5. The largest absolute Gasteiger partial charge is 0.472 e. The number of carbonyl (C=O) groups is 1. The van der Waals surface area contributed by atoms with Crippen molar-refractivity contribution in [3.63, 3.8) is 0 Å². The SMILES string of the molecule is C[C@H]1CN(C(=O)OC(C)(C)C)C[C@@H]1Oc1nc(C#N)cc2ccccc12. The van der Waals surface area contributed by atoms with E-state index in [4.69, 9.17) is 9.47 Å². The van der Waals surface area contributed by atoms with E-state index in [0.29, 0.717) is 24.7 Å². The molecule has 0 bridgehead atoms. The fourth-order valence-electron chi connectivity index (χ4n) is 3.02. The Morgan fingerprint density at radius 2 is 2.04 bits per heavy atom. The van der Waals surface area contributed by atoms with Gasteiger partial charge in [-0.25, -0.2) is 9.78 Å². The molecule has 1 aromatic carbocycles. The molecule has 1 saturated heterocycles. The second-order valence-corrected chi connectivity index (χ2v) is 7.66. The highest BCUT2D eigenvalue weighted by Gasteiger charge is 2.36. The fraction of sp³-hybridized carbons (Fsp3) is 0.450. The van der Waals surface area contributed by atoms with Crippen molar-refractivity contribution in [2.45, 2.75) is 39.4 Å². The zero-order chi connectivity index (χ0) is 18.9. The van der Waals surface area contributed by atoms with Gasteiger partial charge in [-0.05, 0) is 38.3 Å². The Balaban J connectivity index is 1.80. The van der Waals surface area contributed by atoms with E-state index < -0.39 is 5.60 Å². The van der Waals surface area contributed by atoms with Crippen molar-refractivity contribution in [2.24, 2.45) is 5.92 Å². The number of fused-ring (bicyclic) bond motifs is 1. The summed E-state index contributed by atoms with van der Waals surface area (Å²) in [6.07, 6.45) is -0.536. The van der Waals surface area contributed by atoms with Crippen molar-refractivity contribution in [1.29, 1.82) is 5.26 Å². The van der Waals surface area contributed by atoms with Crippen LogP contribution in [0.2, 0.25) is 0 Å². The maximum atomic E-state index is 12.3. The number of aromatic nitrogens is 1. The Morgan fingerprint density at radius 3 is 2.73 bits per heavy atom. The van der Waals surface area contributed by atoms with Crippen LogP contribution in [-0.4, -0.2) is 40.8 Å². The second kappa shape index (κ2) is 6.83. The zero-order valence-corrected chi connectivity index (χ0v) is 15.5. The molecule has 6 heteroatoms. The van der Waals surface area contributed by atoms with E-state index in [1.807, 2.05) is 52.0 Å². The van der Waals surface area contributed by atoms with E-state index in [9.17, 15) is 10.1 Å². The highest BCUT2D eigenvalue weighted by molar-refractivity contribution is 5.87. The normalized spacial score (nSPS) is 20.0. The number of nitriles is 1. The maximum Gasteiger partial charge on any atom is 0.410 e. The Labute approximate surface area is 153 Å². The van der Waals surface area contributed by atoms with Gasteiger partial charge in [-0.2, -0.15) is 5.26 Å². The van der Waals surface area contributed by atoms with Crippen LogP contribution < -0.4 is 4.74 Å². The van der Waals surface area contributed by atoms with Crippen molar-refractivity contribution in [2.75, 3.05) is 13.1 Å². The molecule has 136 valence electrons. The summed E-state index contributed by atoms with van der Waals surface area (Å²) >= 11 is 0. The molecule has 1 aliphatic heterocycles. The quantitative estimate of drug-likeness (QED) is 0.822. The van der Waals surface area contributed by atoms with Crippen LogP contribution in [0.15, 0.2) is 30.3 Å². The number of nitrogens with zero attached hydrogens (tertiary/aromatic N) is 3. The van der Waals surface area contributed by atoms with Crippen molar-refractivity contribution < 1.29 is 14.3 Å². The number of carbonyl (C=O) groups excluding carboxylic acids is 1. The van der Waals surface area contributed by atoms with Crippen LogP contribution in [0.25, 0.3) is 10.8 Å². The van der Waals surface area contributed by atoms with Crippen LogP contribution in [0, 0.1) is 17.2 Å². The van der Waals surface area contributed by atoms with Gasteiger partial charge in [0.25, 0.3) is 0 Å². The highest BCUT2D eigenvalue weighted by Crippen LogP contribution is 2.29. The number of rotatable bonds is 2. The molecule has 1 amide bonds. The molecular formula is C20H23N3O3. The Kier molecular flexibility index (Phi) is 4.73. The molecule has 0 unspecified atom stereocenters. The predicted molar refractivity (Wildman–Crippen MR) is 97.8 cm³/mol. The van der Waals surface area contributed by atoms with Gasteiger partial charge in [-0.1, -0.05) is 25.1 Å². The molecule has 3 rings (SSSR count). The molecule has 0 saturated carbocycles. The van der Waals surface area contributed by atoms with Gasteiger partial charge in [-0.3, -0.25) is 0 Å². The van der Waals surface area contributed by atoms with Crippen LogP contribution in [-0.2, 0) is 4.74 Å². The van der Waals surface area contributed by atoms with Gasteiger partial charge in [0.05, 0.1) is 6.54 Å². The van der Waals surface area contributed by atoms with E-state index in [1.54, 1.807) is 11.0 Å². The Bertz CT molecular complexity index is 867. The number of ether oxygens (including phenoxy) is 2. The number of pyridine rings is 1. The van der Waals surface area contributed by atoms with Gasteiger partial charge in [0.15, 0.2) is 0 Å². The van der Waals surface area contributed by atoms with E-state index in [0.717, 1.165) is 10.8 Å². The average molecular weight is 353 g/mol. The third-order valence-corrected chi connectivity index (χ3v) is 4.28. The number of likely N-dealkylation sites (tertiary alicyclic amines) is 1. The Morgan fingerprint density at radius 1 is 1.31 bits per heavy atom. The van der Waals surface area contributed by atoms with E-state index in [1.165, 1.54) is 0 Å². The van der Waals surface area contributed by atoms with Gasteiger partial charge >= 0.3 is 6.09 Å². The lowest BCUT2D eigenvalue weighted by Crippen LogP contribution is -2.36. The van der Waals surface area contributed by atoms with Crippen molar-refractivity contribution in [3.05, 3.63) is 36.0 Å². The Hall–Kier alpha value is -2.81. The second-order valence-electron chi connectivity index (χ2n) is 7.66. The monoisotopic (exact) mass is 353 g/mol. The summed E-state index contributed by atoms with van der Waals surface area (Å²) in [5, 5.41) is 11.0. The molecule has 1 aromatic heterocycles. The first-order valence-corrected chi connectivity index (χ1v) is 8.71. The molecule has 0 radical (unpaired) electrons. The maximum absolute atomic E-state index is 12.3. The number of hydrogen-bond donors (Lipinski definition) is 0. The van der Waals surface area contributed by atoms with Crippen molar-refractivity contribution in [3.8, 4) is 11.9 Å². The lowest BCUT2D eigenvalue weighted by Gasteiger charge is -2.24. The zero-order valence-electron chi connectivity index (χ0n) is 15.5. The minimum atomic E-state index is -0.530. The van der Waals surface area contributed by atoms with Gasteiger partial charge in [0.2, 0.25) is 5.88 Å². The van der Waals surface area contributed by atoms with E-state index in [-0.39, 0.29) is 18.1 Å². The molecule has 1 fully saturated rings. The molecule has 2 aromatic rings. The van der Waals surface area contributed by atoms with E-state index in [2.05, 4.69) is 11.1 Å². The highest BCUT2D eigenvalue weighted by atomic mass is 16.6. The first-order valence-electron chi connectivity index (χ1n) is 8.71. The summed E-state index contributed by atoms with van der Waals surface area (Å²) < 4.78 is 11.6. The third kappa shape index (κ3) is 3.88. The van der Waals surface area contributed by atoms with Gasteiger partial charge < -0.3 is 14.4 Å². The molecular weight excluding hydrogens is 330 g/mol. The summed E-state index contributed by atoms with van der Waals surface area (Å²) in [5.41, 5.74) is -0.216. The minimum Gasteiger partial charge on any atom is -0.472 e. The fourth-order valence-corrected chi connectivity index (χ4v) is 3.02. The van der Waals surface area contributed by atoms with Gasteiger partial charge in [0.1, 0.15) is 23.5 Å². The predicted octanol–water partition coefficient (Wildman–Crippen LogP) is 3.74. The molecule has 0 N–H and O–H groups in total. The van der Waals surface area contributed by atoms with Crippen LogP contribution in [0.5, 0.6) is 5.88 Å². The van der Waals surface area contributed by atoms with Crippen LogP contribution in [0.3, 0.4) is 0 Å². The van der Waals surface area contributed by atoms with E-state index >= 15 is 0 Å². The van der Waals surface area contributed by atoms with Crippen LogP contribution in [0.4, 0.5) is 4.79 Å². The van der Waals surface area contributed by atoms with Gasteiger partial charge in [-0.15, -0.1) is 0 Å². The first-order chi connectivity index (χ1) is 12.3. The standard InChI is InChI=1S/C20H23N3O3/c1-13-11-23(19(24)26-20(2,3)4)12-17(13)25-18-16-8-6-5-7-14(16)9-15(10-21)22-18/h5-9,13,17H,11-12H2,1-4H3/t13-,17-/m0/s1. The molecule has 0 spiro atoms. The molecule has 2 heterocycles. The molecule has 2 atom stereocenters. The summed E-state index contributed by atoms with van der Waals surface area (Å²) in [6.45, 7) is 8.58. The summed E-state index contributed by atoms with van der Waals surface area (Å²) in [6, 6.07) is 11.5. The van der Waals surface area contributed by atoms with Crippen molar-refractivity contribution in [1.82, 2.24) is 9.88 Å². The van der Waals surface area contributed by atoms with Crippen LogP contribution >= 0.6 is 0 Å². The number of benzene rings is 1. The van der Waals surface area contributed by atoms with Crippen LogP contribution in [0.1, 0.15) is 33.4 Å². The average Bonchev–Trinajstić information content (AvgIpc) is 2.94. The van der Waals surface area contributed by atoms with Crippen molar-refractivity contribution >= 4 is 16.9 Å².